The van der Waals surface area contributed by atoms with Crippen LogP contribution in [0.25, 0.3) is 5.57 Å². The highest BCUT2D eigenvalue weighted by Gasteiger charge is 2.42. The molecule has 2 aliphatic rings. The average molecular weight is 458 g/mol. The van der Waals surface area contributed by atoms with Gasteiger partial charge in [-0.05, 0) is 36.8 Å². The van der Waals surface area contributed by atoms with Crippen LogP contribution in [0.15, 0.2) is 53.4 Å². The topological polar surface area (TPSA) is 69.7 Å². The van der Waals surface area contributed by atoms with E-state index in [4.69, 9.17) is 23.8 Å². The lowest BCUT2D eigenvalue weighted by molar-refractivity contribution is -0.124. The third-order valence-electron chi connectivity index (χ3n) is 4.70. The molecule has 1 N–H and O–H groups in total. The van der Waals surface area contributed by atoms with E-state index in [1.807, 2.05) is 31.2 Å². The number of carbonyl (C=O) groups excluding carboxylic acids is 3. The molecular weight excluding hydrogens is 442 g/mol. The van der Waals surface area contributed by atoms with Crippen molar-refractivity contribution >= 4 is 68.9 Å². The van der Waals surface area contributed by atoms with Gasteiger partial charge >= 0.3 is 0 Å². The first kappa shape index (κ1) is 20.6. The quantitative estimate of drug-likeness (QED) is 0.555. The Hall–Kier alpha value is -2.68. The van der Waals surface area contributed by atoms with Gasteiger partial charge in [-0.1, -0.05) is 60.6 Å². The van der Waals surface area contributed by atoms with Crippen molar-refractivity contribution in [3.63, 3.8) is 0 Å². The molecule has 6 nitrogen and oxygen atoms in total. The fourth-order valence-corrected chi connectivity index (χ4v) is 4.84. The van der Waals surface area contributed by atoms with Gasteiger partial charge in [0.2, 0.25) is 0 Å². The summed E-state index contributed by atoms with van der Waals surface area (Å²) in [5.74, 6) is -1.34. The molecule has 0 radical (unpaired) electrons. The maximum absolute atomic E-state index is 13.1. The summed E-state index contributed by atoms with van der Waals surface area (Å²) in [6.45, 7) is 2.53. The molecule has 3 amide bonds. The van der Waals surface area contributed by atoms with Gasteiger partial charge in [0.1, 0.15) is 0 Å². The van der Waals surface area contributed by atoms with Gasteiger partial charge in [-0.2, -0.15) is 5.01 Å². The zero-order valence-corrected chi connectivity index (χ0v) is 18.2. The summed E-state index contributed by atoms with van der Waals surface area (Å²) in [4.78, 5) is 40.7. The van der Waals surface area contributed by atoms with Crippen molar-refractivity contribution in [2.75, 3.05) is 11.4 Å². The monoisotopic (exact) mass is 457 g/mol. The first-order valence-electron chi connectivity index (χ1n) is 9.21. The fourth-order valence-electron chi connectivity index (χ4n) is 3.37. The number of hydrazine groups is 1. The van der Waals surface area contributed by atoms with Crippen molar-refractivity contribution in [1.82, 2.24) is 10.4 Å². The summed E-state index contributed by atoms with van der Waals surface area (Å²) >= 11 is 12.4. The van der Waals surface area contributed by atoms with Crippen LogP contribution in [-0.4, -0.2) is 33.6 Å². The van der Waals surface area contributed by atoms with Crippen molar-refractivity contribution in [3.8, 4) is 0 Å². The molecular formula is C21H16ClN3O3S2. The molecule has 0 saturated carbocycles. The lowest BCUT2D eigenvalue weighted by Gasteiger charge is -2.16. The highest BCUT2D eigenvalue weighted by atomic mass is 35.5. The van der Waals surface area contributed by atoms with Crippen LogP contribution in [0.4, 0.5) is 5.69 Å². The third-order valence-corrected chi connectivity index (χ3v) is 6.40. The first-order chi connectivity index (χ1) is 14.4. The van der Waals surface area contributed by atoms with Crippen LogP contribution in [-0.2, 0) is 9.59 Å². The van der Waals surface area contributed by atoms with Gasteiger partial charge in [-0.3, -0.25) is 19.8 Å². The fraction of sp³-hybridized carbons (Fsp3) is 0.143. The van der Waals surface area contributed by atoms with Crippen LogP contribution in [0.1, 0.15) is 29.3 Å². The third kappa shape index (κ3) is 3.40. The zero-order chi connectivity index (χ0) is 21.4. The summed E-state index contributed by atoms with van der Waals surface area (Å²) in [5, 5.41) is 1.25. The van der Waals surface area contributed by atoms with E-state index in [1.54, 1.807) is 29.2 Å². The van der Waals surface area contributed by atoms with Crippen LogP contribution in [0, 0.1) is 0 Å². The number of halogens is 1. The van der Waals surface area contributed by atoms with Crippen molar-refractivity contribution in [3.05, 3.63) is 69.6 Å². The van der Waals surface area contributed by atoms with E-state index >= 15 is 0 Å². The molecule has 2 aromatic carbocycles. The van der Waals surface area contributed by atoms with E-state index < -0.39 is 11.8 Å². The number of thioether (sulfide) groups is 1. The van der Waals surface area contributed by atoms with Crippen LogP contribution < -0.4 is 10.3 Å². The van der Waals surface area contributed by atoms with Crippen LogP contribution in [0.2, 0.25) is 5.02 Å². The number of rotatable bonds is 4. The second kappa shape index (κ2) is 8.22. The molecule has 2 aromatic rings. The lowest BCUT2D eigenvalue weighted by atomic mass is 10.1. The van der Waals surface area contributed by atoms with Gasteiger partial charge in [0.25, 0.3) is 17.7 Å². The van der Waals surface area contributed by atoms with Crippen molar-refractivity contribution in [2.45, 2.75) is 13.3 Å². The van der Waals surface area contributed by atoms with Gasteiger partial charge in [-0.15, -0.1) is 0 Å². The summed E-state index contributed by atoms with van der Waals surface area (Å²) < 4.78 is 0.141. The molecule has 0 aromatic heterocycles. The van der Waals surface area contributed by atoms with Gasteiger partial charge in [-0.25, -0.2) is 0 Å². The van der Waals surface area contributed by atoms with Crippen LogP contribution in [0.5, 0.6) is 0 Å². The van der Waals surface area contributed by atoms with Gasteiger partial charge in [0.05, 0.1) is 26.8 Å². The number of carbonyl (C=O) groups is 3. The number of nitrogens with zero attached hydrogens (tertiary/aromatic N) is 2. The number of hydrogen-bond acceptors (Lipinski definition) is 5. The molecule has 1 fully saturated rings. The van der Waals surface area contributed by atoms with Gasteiger partial charge in [0, 0.05) is 12.1 Å². The minimum absolute atomic E-state index is 0.141. The summed E-state index contributed by atoms with van der Waals surface area (Å²) in [6.07, 6.45) is 0.780. The number of amides is 3. The minimum Gasteiger partial charge on any atom is -0.308 e. The Kier molecular flexibility index (Phi) is 5.64. The molecule has 2 heterocycles. The predicted octanol–water partition coefficient (Wildman–Crippen LogP) is 4.01. The average Bonchev–Trinajstić information content (AvgIpc) is 3.16. The Balaban J connectivity index is 1.69. The normalized spacial score (nSPS) is 18.3. The van der Waals surface area contributed by atoms with Gasteiger partial charge in [0.15, 0.2) is 4.32 Å². The Bertz CT molecular complexity index is 1130. The lowest BCUT2D eigenvalue weighted by Crippen LogP contribution is -2.45. The van der Waals surface area contributed by atoms with E-state index in [0.717, 1.165) is 28.9 Å². The molecule has 1 saturated heterocycles. The molecule has 4 rings (SSSR count). The first-order valence-corrected chi connectivity index (χ1v) is 10.8. The summed E-state index contributed by atoms with van der Waals surface area (Å²) in [6, 6.07) is 13.8. The van der Waals surface area contributed by atoms with Gasteiger partial charge < -0.3 is 4.90 Å². The number of hydrogen-bond donors (Lipinski definition) is 1. The Morgan fingerprint density at radius 3 is 2.53 bits per heavy atom. The number of anilines is 1. The molecule has 30 heavy (non-hydrogen) atoms. The van der Waals surface area contributed by atoms with Crippen molar-refractivity contribution in [2.24, 2.45) is 0 Å². The number of fused-ring (bicyclic) bond motifs is 1. The number of nitrogens with one attached hydrogen (secondary N) is 1. The smallest absolute Gasteiger partial charge is 0.286 e. The van der Waals surface area contributed by atoms with E-state index in [2.05, 4.69) is 5.43 Å². The molecule has 0 atom stereocenters. The predicted molar refractivity (Wildman–Crippen MR) is 122 cm³/mol. The second-order valence-electron chi connectivity index (χ2n) is 6.61. The number of para-hydroxylation sites is 1. The Labute approximate surface area is 187 Å². The van der Waals surface area contributed by atoms with E-state index in [-0.39, 0.29) is 25.7 Å². The largest absolute Gasteiger partial charge is 0.308 e. The molecule has 9 heteroatoms. The SMILES string of the molecule is CCCN1C(=O)/C(=C2\SC(=S)N(NC(=O)c3ccccc3Cl)C2=O)c2ccccc21. The second-order valence-corrected chi connectivity index (χ2v) is 8.66. The maximum atomic E-state index is 13.1. The standard InChI is InChI=1S/C21H16ClN3O3S2/c1-2-11-24-15-10-6-4-8-13(15)16(19(24)27)17-20(28)25(21(29)30-17)23-18(26)12-7-3-5-9-14(12)22/h3-10H,2,11H2,1H3,(H,23,26)/b17-16-. The highest BCUT2D eigenvalue weighted by molar-refractivity contribution is 8.26. The maximum Gasteiger partial charge on any atom is 0.286 e. The van der Waals surface area contributed by atoms with E-state index in [9.17, 15) is 14.4 Å². The molecule has 0 spiro atoms. The van der Waals surface area contributed by atoms with Crippen molar-refractivity contribution < 1.29 is 14.4 Å². The molecule has 2 aliphatic heterocycles. The number of benzene rings is 2. The number of thiocarbonyl (C=S) groups is 1. The Morgan fingerprint density at radius 1 is 1.10 bits per heavy atom. The summed E-state index contributed by atoms with van der Waals surface area (Å²) in [7, 11) is 0. The minimum atomic E-state index is -0.561. The molecule has 152 valence electrons. The van der Waals surface area contributed by atoms with E-state index in [0.29, 0.717) is 17.7 Å². The Morgan fingerprint density at radius 2 is 1.80 bits per heavy atom. The molecule has 0 aliphatic carbocycles. The summed E-state index contributed by atoms with van der Waals surface area (Å²) in [5.41, 5.74) is 4.49. The molecule has 0 bridgehead atoms. The van der Waals surface area contributed by atoms with Crippen LogP contribution in [0.3, 0.4) is 0 Å². The van der Waals surface area contributed by atoms with E-state index in [1.165, 1.54) is 0 Å². The molecule has 0 unspecified atom stereocenters. The van der Waals surface area contributed by atoms with Crippen molar-refractivity contribution in [1.29, 1.82) is 0 Å². The highest BCUT2D eigenvalue weighted by Crippen LogP contribution is 2.44. The van der Waals surface area contributed by atoms with Crippen LogP contribution >= 0.6 is 35.6 Å². The zero-order valence-electron chi connectivity index (χ0n) is 15.8.